The Bertz CT molecular complexity index is 334. The second kappa shape index (κ2) is 5.75. The molecule has 2 rings (SSSR count). The lowest BCUT2D eigenvalue weighted by atomic mass is 10.0. The molecule has 2 fully saturated rings. The molecule has 2 aliphatic heterocycles. The number of hydrogen-bond donors (Lipinski definition) is 1. The molecule has 1 unspecified atom stereocenters. The molecule has 6 heteroatoms. The molecule has 1 amide bonds. The number of piperazine rings is 1. The first kappa shape index (κ1) is 14.1. The molecule has 2 heterocycles. The number of carbonyl (C=O) groups is 1. The smallest absolute Gasteiger partial charge is 0.238 e. The van der Waals surface area contributed by atoms with Crippen LogP contribution in [0.3, 0.4) is 0 Å². The van der Waals surface area contributed by atoms with E-state index in [1.54, 1.807) is 0 Å². The fourth-order valence-corrected chi connectivity index (χ4v) is 4.07. The van der Waals surface area contributed by atoms with Gasteiger partial charge >= 0.3 is 0 Å². The monoisotopic (exact) mass is 287 g/mol. The molecule has 0 radical (unpaired) electrons. The number of amides is 1. The third-order valence-corrected chi connectivity index (χ3v) is 5.35. The van der Waals surface area contributed by atoms with Gasteiger partial charge in [0.1, 0.15) is 0 Å². The lowest BCUT2D eigenvalue weighted by molar-refractivity contribution is -0.135. The van der Waals surface area contributed by atoms with Crippen molar-refractivity contribution in [1.82, 2.24) is 9.80 Å². The predicted octanol–water partition coefficient (Wildman–Crippen LogP) is 0.702. The molecule has 2 aliphatic rings. The van der Waals surface area contributed by atoms with Crippen molar-refractivity contribution in [2.75, 3.05) is 38.5 Å². The fraction of sp³-hybridized carbons (Fsp3) is 0.833. The van der Waals surface area contributed by atoms with Crippen LogP contribution in [-0.2, 0) is 4.79 Å². The Morgan fingerprint density at radius 2 is 2.06 bits per heavy atom. The maximum absolute atomic E-state index is 12.5. The van der Waals surface area contributed by atoms with Gasteiger partial charge in [0.05, 0.1) is 9.74 Å². The van der Waals surface area contributed by atoms with Gasteiger partial charge in [0.15, 0.2) is 0 Å². The molecule has 0 aromatic rings. The van der Waals surface area contributed by atoms with Gasteiger partial charge in [-0.3, -0.25) is 9.69 Å². The highest BCUT2D eigenvalue weighted by atomic mass is 32.2. The van der Waals surface area contributed by atoms with Crippen molar-refractivity contribution in [3.8, 4) is 0 Å². The lowest BCUT2D eigenvalue weighted by Crippen LogP contribution is -2.54. The minimum Gasteiger partial charge on any atom is -0.392 e. The summed E-state index contributed by atoms with van der Waals surface area (Å²) in [5, 5.41) is 0. The largest absolute Gasteiger partial charge is 0.392 e. The normalized spacial score (nSPS) is 29.5. The van der Waals surface area contributed by atoms with E-state index in [0.717, 1.165) is 44.8 Å². The zero-order valence-corrected chi connectivity index (χ0v) is 12.5. The van der Waals surface area contributed by atoms with Crippen LogP contribution < -0.4 is 5.73 Å². The average molecular weight is 287 g/mol. The van der Waals surface area contributed by atoms with Gasteiger partial charge in [0.2, 0.25) is 5.91 Å². The van der Waals surface area contributed by atoms with Crippen LogP contribution in [0, 0.1) is 0 Å². The van der Waals surface area contributed by atoms with Crippen molar-refractivity contribution in [2.24, 2.45) is 5.73 Å². The van der Waals surface area contributed by atoms with Crippen molar-refractivity contribution in [3.05, 3.63) is 0 Å². The van der Waals surface area contributed by atoms with Crippen LogP contribution in [0.5, 0.6) is 0 Å². The number of hydrogen-bond acceptors (Lipinski definition) is 4. The van der Waals surface area contributed by atoms with Crippen LogP contribution in [0.4, 0.5) is 0 Å². The topological polar surface area (TPSA) is 49.6 Å². The van der Waals surface area contributed by atoms with Crippen LogP contribution in [-0.4, -0.2) is 63.9 Å². The zero-order chi connectivity index (χ0) is 13.2. The van der Waals surface area contributed by atoms with E-state index in [2.05, 4.69) is 11.8 Å². The fourth-order valence-electron chi connectivity index (χ4n) is 2.61. The summed E-state index contributed by atoms with van der Waals surface area (Å²) in [4.78, 5) is 17.2. The van der Waals surface area contributed by atoms with E-state index in [1.165, 1.54) is 0 Å². The van der Waals surface area contributed by atoms with Crippen LogP contribution in [0.1, 0.15) is 19.8 Å². The molecular formula is C12H21N3OS2. The van der Waals surface area contributed by atoms with Gasteiger partial charge in [-0.15, -0.1) is 11.8 Å². The molecule has 0 aromatic heterocycles. The average Bonchev–Trinajstić information content (AvgIpc) is 2.77. The van der Waals surface area contributed by atoms with Gasteiger partial charge in [0.25, 0.3) is 0 Å². The van der Waals surface area contributed by atoms with Gasteiger partial charge in [-0.05, 0) is 25.5 Å². The lowest BCUT2D eigenvalue weighted by Gasteiger charge is -2.38. The number of thioether (sulfide) groups is 1. The van der Waals surface area contributed by atoms with E-state index in [1.807, 2.05) is 16.7 Å². The molecule has 1 atom stereocenters. The van der Waals surface area contributed by atoms with E-state index in [0.29, 0.717) is 17.4 Å². The third kappa shape index (κ3) is 3.16. The molecule has 0 bridgehead atoms. The van der Waals surface area contributed by atoms with Crippen LogP contribution in [0.25, 0.3) is 0 Å². The minimum absolute atomic E-state index is 0.175. The Kier molecular flexibility index (Phi) is 4.50. The highest BCUT2D eigenvalue weighted by Crippen LogP contribution is 2.39. The molecule has 4 nitrogen and oxygen atoms in total. The summed E-state index contributed by atoms with van der Waals surface area (Å²) in [6.07, 6.45) is 2.18. The highest BCUT2D eigenvalue weighted by Gasteiger charge is 2.40. The summed E-state index contributed by atoms with van der Waals surface area (Å²) in [6, 6.07) is 0. The summed E-state index contributed by atoms with van der Waals surface area (Å²) >= 11 is 6.73. The minimum atomic E-state index is -0.175. The Morgan fingerprint density at radius 1 is 1.39 bits per heavy atom. The molecule has 2 N–H and O–H groups in total. The highest BCUT2D eigenvalue weighted by molar-refractivity contribution is 8.01. The molecule has 18 heavy (non-hydrogen) atoms. The van der Waals surface area contributed by atoms with Gasteiger partial charge in [-0.1, -0.05) is 12.2 Å². The first-order valence-corrected chi connectivity index (χ1v) is 7.85. The summed E-state index contributed by atoms with van der Waals surface area (Å²) < 4.78 is -0.175. The second-order valence-corrected chi connectivity index (χ2v) is 7.34. The Labute approximate surface area is 118 Å². The summed E-state index contributed by atoms with van der Waals surface area (Å²) in [5.41, 5.74) is 5.54. The van der Waals surface area contributed by atoms with Gasteiger partial charge < -0.3 is 10.6 Å². The standard InChI is InChI=1S/C12H21N3OS2/c1-12(3-2-8-18-12)11(16)15-6-4-14(5-7-15)9-10(13)17/h2-9H2,1H3,(H2,13,17). The Hall–Kier alpha value is -0.330. The van der Waals surface area contributed by atoms with E-state index < -0.39 is 0 Å². The Morgan fingerprint density at radius 3 is 2.56 bits per heavy atom. The molecule has 0 aliphatic carbocycles. The second-order valence-electron chi connectivity index (χ2n) is 5.22. The molecule has 102 valence electrons. The first-order chi connectivity index (χ1) is 8.51. The SMILES string of the molecule is CC1(C(=O)N2CCN(CC(N)=S)CC2)CCCS1. The Balaban J connectivity index is 1.86. The number of nitrogens with two attached hydrogens (primary N) is 1. The summed E-state index contributed by atoms with van der Waals surface area (Å²) in [6.45, 7) is 6.13. The van der Waals surface area contributed by atoms with Crippen LogP contribution in [0.15, 0.2) is 0 Å². The molecular weight excluding hydrogens is 266 g/mol. The maximum atomic E-state index is 12.5. The first-order valence-electron chi connectivity index (χ1n) is 6.45. The number of thiocarbonyl (C=S) groups is 1. The number of rotatable bonds is 3. The molecule has 0 aromatic carbocycles. The number of nitrogens with zero attached hydrogens (tertiary/aromatic N) is 2. The van der Waals surface area contributed by atoms with Crippen molar-refractivity contribution >= 4 is 34.9 Å². The summed E-state index contributed by atoms with van der Waals surface area (Å²) in [7, 11) is 0. The summed E-state index contributed by atoms with van der Waals surface area (Å²) in [5.74, 6) is 1.43. The third-order valence-electron chi connectivity index (χ3n) is 3.71. The van der Waals surface area contributed by atoms with Gasteiger partial charge in [-0.2, -0.15) is 0 Å². The van der Waals surface area contributed by atoms with E-state index >= 15 is 0 Å². The van der Waals surface area contributed by atoms with E-state index in [4.69, 9.17) is 18.0 Å². The van der Waals surface area contributed by atoms with Crippen molar-refractivity contribution < 1.29 is 4.79 Å². The number of carbonyl (C=O) groups excluding carboxylic acids is 1. The van der Waals surface area contributed by atoms with Crippen molar-refractivity contribution in [3.63, 3.8) is 0 Å². The van der Waals surface area contributed by atoms with Crippen molar-refractivity contribution in [1.29, 1.82) is 0 Å². The van der Waals surface area contributed by atoms with Crippen LogP contribution >= 0.6 is 24.0 Å². The maximum Gasteiger partial charge on any atom is 0.238 e. The molecule has 0 saturated carbocycles. The zero-order valence-electron chi connectivity index (χ0n) is 10.9. The van der Waals surface area contributed by atoms with E-state index in [-0.39, 0.29) is 4.75 Å². The predicted molar refractivity (Wildman–Crippen MR) is 79.9 cm³/mol. The van der Waals surface area contributed by atoms with Crippen LogP contribution in [0.2, 0.25) is 0 Å². The molecule has 2 saturated heterocycles. The van der Waals surface area contributed by atoms with Gasteiger partial charge in [-0.25, -0.2) is 0 Å². The molecule has 0 spiro atoms. The van der Waals surface area contributed by atoms with Gasteiger partial charge in [0, 0.05) is 32.7 Å². The van der Waals surface area contributed by atoms with E-state index in [9.17, 15) is 4.79 Å². The van der Waals surface area contributed by atoms with Crippen molar-refractivity contribution in [2.45, 2.75) is 24.5 Å². The quantitative estimate of drug-likeness (QED) is 0.775.